The number of nitrogens with zero attached hydrogens (tertiary/aromatic N) is 1. The van der Waals surface area contributed by atoms with Gasteiger partial charge in [0, 0.05) is 28.8 Å². The maximum Gasteiger partial charge on any atom is 0.337 e. The molecule has 2 N–H and O–H groups in total. The Morgan fingerprint density at radius 3 is 2.28 bits per heavy atom. The highest BCUT2D eigenvalue weighted by Crippen LogP contribution is 2.19. The number of ether oxygens (including phenoxy) is 1. The molecule has 1 heterocycles. The summed E-state index contributed by atoms with van der Waals surface area (Å²) >= 11 is 0. The van der Waals surface area contributed by atoms with Crippen LogP contribution in [-0.2, 0) is 4.74 Å². The number of ketones is 1. The molecule has 0 aliphatic heterocycles. The maximum atomic E-state index is 12.5. The molecule has 1 amide bonds. The number of hydrogen-bond acceptors (Lipinski definition) is 6. The summed E-state index contributed by atoms with van der Waals surface area (Å²) in [6, 6.07) is 16.8. The largest absolute Gasteiger partial charge is 0.465 e. The molecule has 0 spiro atoms. The van der Waals surface area contributed by atoms with Crippen molar-refractivity contribution < 1.29 is 19.1 Å². The van der Waals surface area contributed by atoms with E-state index in [9.17, 15) is 14.4 Å². The van der Waals surface area contributed by atoms with Gasteiger partial charge in [0.1, 0.15) is 5.69 Å². The number of esters is 1. The van der Waals surface area contributed by atoms with Crippen molar-refractivity contribution in [3.63, 3.8) is 0 Å². The lowest BCUT2D eigenvalue weighted by Crippen LogP contribution is -2.14. The highest BCUT2D eigenvalue weighted by Gasteiger charge is 2.10. The zero-order chi connectivity index (χ0) is 20.8. The van der Waals surface area contributed by atoms with Crippen molar-refractivity contribution in [3.05, 3.63) is 83.7 Å². The van der Waals surface area contributed by atoms with Crippen LogP contribution in [0.4, 0.5) is 17.1 Å². The van der Waals surface area contributed by atoms with Crippen molar-refractivity contribution in [3.8, 4) is 0 Å². The van der Waals surface area contributed by atoms with Crippen molar-refractivity contribution in [2.24, 2.45) is 0 Å². The summed E-state index contributed by atoms with van der Waals surface area (Å²) in [6.07, 6.45) is 1.52. The molecule has 29 heavy (non-hydrogen) atoms. The monoisotopic (exact) mass is 389 g/mol. The van der Waals surface area contributed by atoms with Crippen LogP contribution in [0.2, 0.25) is 0 Å². The molecule has 0 saturated carbocycles. The number of aromatic nitrogens is 1. The van der Waals surface area contributed by atoms with E-state index in [4.69, 9.17) is 0 Å². The topological polar surface area (TPSA) is 97.4 Å². The number of anilines is 3. The van der Waals surface area contributed by atoms with E-state index in [1.165, 1.54) is 20.2 Å². The Balaban J connectivity index is 1.71. The third-order valence-electron chi connectivity index (χ3n) is 4.11. The maximum absolute atomic E-state index is 12.5. The second-order valence-corrected chi connectivity index (χ2v) is 6.21. The van der Waals surface area contributed by atoms with Crippen LogP contribution in [0.1, 0.15) is 38.1 Å². The lowest BCUT2D eigenvalue weighted by Gasteiger charge is -2.09. The molecule has 1 aromatic heterocycles. The summed E-state index contributed by atoms with van der Waals surface area (Å²) < 4.78 is 4.65. The highest BCUT2D eigenvalue weighted by atomic mass is 16.5. The summed E-state index contributed by atoms with van der Waals surface area (Å²) in [5.74, 6) is -0.865. The van der Waals surface area contributed by atoms with Gasteiger partial charge in [-0.1, -0.05) is 12.1 Å². The molecule has 0 bridgehead atoms. The van der Waals surface area contributed by atoms with E-state index in [0.717, 1.165) is 5.69 Å². The van der Waals surface area contributed by atoms with Crippen LogP contribution >= 0.6 is 0 Å². The number of methoxy groups -OCH3 is 1. The first-order valence-corrected chi connectivity index (χ1v) is 8.80. The molecule has 2 aromatic carbocycles. The number of rotatable bonds is 6. The van der Waals surface area contributed by atoms with Gasteiger partial charge in [0.15, 0.2) is 5.78 Å². The minimum atomic E-state index is -0.447. The molecule has 0 aliphatic rings. The van der Waals surface area contributed by atoms with Crippen LogP contribution in [0.15, 0.2) is 66.9 Å². The second-order valence-electron chi connectivity index (χ2n) is 6.21. The molecule has 3 rings (SSSR count). The average molecular weight is 389 g/mol. The first-order valence-electron chi connectivity index (χ1n) is 8.80. The number of benzene rings is 2. The normalized spacial score (nSPS) is 10.1. The minimum Gasteiger partial charge on any atom is -0.465 e. The standard InChI is InChI=1S/C22H19N3O4/c1-14(26)16-4-3-5-18(12-16)24-19-10-11-23-20(13-19)21(27)25-17-8-6-15(7-9-17)22(28)29-2/h3-13H,1-2H3,(H,23,24)(H,25,27). The zero-order valence-electron chi connectivity index (χ0n) is 15.9. The van der Waals surface area contributed by atoms with Crippen molar-refractivity contribution >= 4 is 34.7 Å². The zero-order valence-corrected chi connectivity index (χ0v) is 15.9. The minimum absolute atomic E-state index is 0.0262. The predicted octanol–water partition coefficient (Wildman–Crippen LogP) is 4.07. The van der Waals surface area contributed by atoms with Gasteiger partial charge in [-0.05, 0) is 55.5 Å². The summed E-state index contributed by atoms with van der Waals surface area (Å²) in [7, 11) is 1.31. The first kappa shape index (κ1) is 19.8. The smallest absolute Gasteiger partial charge is 0.337 e. The first-order chi connectivity index (χ1) is 14.0. The van der Waals surface area contributed by atoms with E-state index < -0.39 is 11.9 Å². The fraction of sp³-hybridized carbons (Fsp3) is 0.0909. The molecule has 146 valence electrons. The molecule has 3 aromatic rings. The van der Waals surface area contributed by atoms with E-state index in [0.29, 0.717) is 22.5 Å². The number of carbonyl (C=O) groups excluding carboxylic acids is 3. The van der Waals surface area contributed by atoms with E-state index >= 15 is 0 Å². The van der Waals surface area contributed by atoms with E-state index in [1.807, 2.05) is 6.07 Å². The van der Waals surface area contributed by atoms with Gasteiger partial charge >= 0.3 is 5.97 Å². The predicted molar refractivity (Wildman–Crippen MR) is 110 cm³/mol. The highest BCUT2D eigenvalue weighted by molar-refractivity contribution is 6.03. The van der Waals surface area contributed by atoms with Gasteiger partial charge in [0.25, 0.3) is 5.91 Å². The van der Waals surface area contributed by atoms with Crippen molar-refractivity contribution in [1.29, 1.82) is 0 Å². The lowest BCUT2D eigenvalue weighted by atomic mass is 10.1. The van der Waals surface area contributed by atoms with Crippen LogP contribution in [0.5, 0.6) is 0 Å². The Morgan fingerprint density at radius 1 is 0.862 bits per heavy atom. The Bertz CT molecular complexity index is 1060. The van der Waals surface area contributed by atoms with E-state index in [1.54, 1.807) is 54.6 Å². The Kier molecular flexibility index (Phi) is 5.99. The summed E-state index contributed by atoms with van der Waals surface area (Å²) in [5, 5.41) is 5.89. The Hall–Kier alpha value is -4.00. The van der Waals surface area contributed by atoms with Crippen LogP contribution in [-0.4, -0.2) is 29.8 Å². The second kappa shape index (κ2) is 8.79. The molecular weight excluding hydrogens is 370 g/mol. The lowest BCUT2D eigenvalue weighted by molar-refractivity contribution is 0.0600. The third kappa shape index (κ3) is 5.04. The molecule has 0 aliphatic carbocycles. The molecule has 0 radical (unpaired) electrons. The number of hydrogen-bond donors (Lipinski definition) is 2. The molecular formula is C22H19N3O4. The van der Waals surface area contributed by atoms with Gasteiger partial charge in [-0.2, -0.15) is 0 Å². The summed E-state index contributed by atoms with van der Waals surface area (Å²) in [5.41, 5.74) is 3.12. The van der Waals surface area contributed by atoms with Crippen LogP contribution < -0.4 is 10.6 Å². The van der Waals surface area contributed by atoms with Gasteiger partial charge in [0.2, 0.25) is 0 Å². The number of Topliss-reactive ketones (excluding diaryl/α,β-unsaturated/α-hetero) is 1. The molecule has 0 unspecified atom stereocenters. The summed E-state index contributed by atoms with van der Waals surface area (Å²) in [6.45, 7) is 1.51. The summed E-state index contributed by atoms with van der Waals surface area (Å²) in [4.78, 5) is 39.6. The van der Waals surface area contributed by atoms with Crippen molar-refractivity contribution in [1.82, 2.24) is 4.98 Å². The van der Waals surface area contributed by atoms with Gasteiger partial charge < -0.3 is 15.4 Å². The molecule has 7 nitrogen and oxygen atoms in total. The fourth-order valence-electron chi connectivity index (χ4n) is 2.62. The van der Waals surface area contributed by atoms with E-state index in [-0.39, 0.29) is 11.5 Å². The number of carbonyl (C=O) groups is 3. The molecule has 0 atom stereocenters. The number of pyridine rings is 1. The van der Waals surface area contributed by atoms with Crippen LogP contribution in [0.3, 0.4) is 0 Å². The number of nitrogens with one attached hydrogen (secondary N) is 2. The number of amides is 1. The van der Waals surface area contributed by atoms with Gasteiger partial charge in [-0.15, -0.1) is 0 Å². The average Bonchev–Trinajstić information content (AvgIpc) is 2.74. The van der Waals surface area contributed by atoms with Crippen LogP contribution in [0, 0.1) is 0 Å². The van der Waals surface area contributed by atoms with Gasteiger partial charge in [-0.25, -0.2) is 4.79 Å². The fourth-order valence-corrected chi connectivity index (χ4v) is 2.62. The van der Waals surface area contributed by atoms with Gasteiger partial charge in [0.05, 0.1) is 12.7 Å². The van der Waals surface area contributed by atoms with Crippen molar-refractivity contribution in [2.75, 3.05) is 17.7 Å². The Morgan fingerprint density at radius 2 is 1.59 bits per heavy atom. The van der Waals surface area contributed by atoms with Crippen LogP contribution in [0.25, 0.3) is 0 Å². The Labute approximate surface area is 167 Å². The van der Waals surface area contributed by atoms with E-state index in [2.05, 4.69) is 20.4 Å². The quantitative estimate of drug-likeness (QED) is 0.487. The van der Waals surface area contributed by atoms with Crippen molar-refractivity contribution in [2.45, 2.75) is 6.92 Å². The molecule has 0 saturated heterocycles. The van der Waals surface area contributed by atoms with Gasteiger partial charge in [-0.3, -0.25) is 14.6 Å². The molecule has 7 heteroatoms. The molecule has 0 fully saturated rings. The SMILES string of the molecule is COC(=O)c1ccc(NC(=O)c2cc(Nc3cccc(C(C)=O)c3)ccn2)cc1. The third-order valence-corrected chi connectivity index (χ3v) is 4.11.